The van der Waals surface area contributed by atoms with Crippen molar-refractivity contribution in [3.05, 3.63) is 46.4 Å². The molecule has 1 amide bonds. The molecule has 2 aliphatic heterocycles. The highest BCUT2D eigenvalue weighted by atomic mass is 35.5. The SMILES string of the molecule is O=C1C2CCC[NH+]2C(c2ccccc2Cl)N1c1nccs1. The number of amides is 1. The van der Waals surface area contributed by atoms with Crippen molar-refractivity contribution in [3.8, 4) is 0 Å². The summed E-state index contributed by atoms with van der Waals surface area (Å²) in [6, 6.07) is 7.87. The van der Waals surface area contributed by atoms with Gasteiger partial charge in [0.1, 0.15) is 0 Å². The molecule has 4 rings (SSSR count). The van der Waals surface area contributed by atoms with Gasteiger partial charge in [-0.25, -0.2) is 9.88 Å². The molecule has 6 heteroatoms. The van der Waals surface area contributed by atoms with Gasteiger partial charge in [0.25, 0.3) is 5.91 Å². The second-order valence-corrected chi connectivity index (χ2v) is 6.75. The predicted molar refractivity (Wildman–Crippen MR) is 82.6 cm³/mol. The van der Waals surface area contributed by atoms with E-state index in [0.29, 0.717) is 0 Å². The highest BCUT2D eigenvalue weighted by molar-refractivity contribution is 7.13. The molecular formula is C15H15ClN3OS+. The molecule has 0 bridgehead atoms. The first-order valence-corrected chi connectivity index (χ1v) is 8.35. The predicted octanol–water partition coefficient (Wildman–Crippen LogP) is 1.89. The molecule has 108 valence electrons. The molecule has 3 heterocycles. The van der Waals surface area contributed by atoms with E-state index in [1.807, 2.05) is 34.5 Å². The number of fused-ring (bicyclic) bond motifs is 1. The highest BCUT2D eigenvalue weighted by Crippen LogP contribution is 2.34. The first-order valence-electron chi connectivity index (χ1n) is 7.10. The first kappa shape index (κ1) is 13.2. The monoisotopic (exact) mass is 320 g/mol. The molecule has 2 fully saturated rings. The molecule has 1 aromatic heterocycles. The number of benzene rings is 1. The van der Waals surface area contributed by atoms with Gasteiger partial charge in [0.15, 0.2) is 11.2 Å². The van der Waals surface area contributed by atoms with Crippen LogP contribution in [0.15, 0.2) is 35.8 Å². The average Bonchev–Trinajstić information content (AvgIpc) is 3.18. The van der Waals surface area contributed by atoms with E-state index in [9.17, 15) is 4.79 Å². The van der Waals surface area contributed by atoms with Crippen LogP contribution in [0.5, 0.6) is 0 Å². The van der Waals surface area contributed by atoms with Crippen molar-refractivity contribution in [2.75, 3.05) is 11.4 Å². The maximum atomic E-state index is 12.8. The van der Waals surface area contributed by atoms with Gasteiger partial charge in [-0.2, -0.15) is 0 Å². The number of hydrogen-bond donors (Lipinski definition) is 1. The molecule has 0 spiro atoms. The van der Waals surface area contributed by atoms with Crippen molar-refractivity contribution in [1.29, 1.82) is 0 Å². The Balaban J connectivity index is 1.84. The van der Waals surface area contributed by atoms with E-state index in [1.165, 1.54) is 16.2 Å². The molecular weight excluding hydrogens is 306 g/mol. The number of hydrogen-bond acceptors (Lipinski definition) is 3. The van der Waals surface area contributed by atoms with E-state index in [0.717, 1.165) is 35.1 Å². The number of carbonyl (C=O) groups excluding carboxylic acids is 1. The topological polar surface area (TPSA) is 37.6 Å². The number of nitrogens with zero attached hydrogens (tertiary/aromatic N) is 2. The summed E-state index contributed by atoms with van der Waals surface area (Å²) in [6.45, 7) is 1.01. The summed E-state index contributed by atoms with van der Waals surface area (Å²) in [4.78, 5) is 20.3. The number of quaternary nitrogens is 1. The minimum absolute atomic E-state index is 0.0511. The molecule has 0 radical (unpaired) electrons. The lowest BCUT2D eigenvalue weighted by atomic mass is 10.1. The average molecular weight is 321 g/mol. The summed E-state index contributed by atoms with van der Waals surface area (Å²) >= 11 is 7.91. The zero-order valence-corrected chi connectivity index (χ0v) is 12.9. The number of carbonyl (C=O) groups is 1. The summed E-state index contributed by atoms with van der Waals surface area (Å²) in [5.74, 6) is 0.183. The van der Waals surface area contributed by atoms with Crippen LogP contribution in [-0.4, -0.2) is 23.5 Å². The van der Waals surface area contributed by atoms with Gasteiger partial charge in [-0.15, -0.1) is 11.3 Å². The third-order valence-corrected chi connectivity index (χ3v) is 5.49. The number of aromatic nitrogens is 1. The molecule has 4 nitrogen and oxygen atoms in total. The van der Waals surface area contributed by atoms with Crippen molar-refractivity contribution in [3.63, 3.8) is 0 Å². The van der Waals surface area contributed by atoms with Crippen molar-refractivity contribution >= 4 is 34.0 Å². The molecule has 0 aliphatic carbocycles. The van der Waals surface area contributed by atoms with E-state index >= 15 is 0 Å². The van der Waals surface area contributed by atoms with E-state index in [4.69, 9.17) is 11.6 Å². The van der Waals surface area contributed by atoms with Crippen molar-refractivity contribution in [1.82, 2.24) is 4.98 Å². The van der Waals surface area contributed by atoms with Gasteiger partial charge >= 0.3 is 0 Å². The third-order valence-electron chi connectivity index (χ3n) is 4.38. The fourth-order valence-corrected chi connectivity index (χ4v) is 4.43. The minimum atomic E-state index is -0.0511. The quantitative estimate of drug-likeness (QED) is 0.917. The molecule has 2 aromatic rings. The number of anilines is 1. The van der Waals surface area contributed by atoms with Crippen LogP contribution in [0.2, 0.25) is 5.02 Å². The van der Waals surface area contributed by atoms with E-state index in [1.54, 1.807) is 6.20 Å². The highest BCUT2D eigenvalue weighted by Gasteiger charge is 2.54. The second kappa shape index (κ2) is 5.09. The van der Waals surface area contributed by atoms with Crippen LogP contribution in [0.3, 0.4) is 0 Å². The lowest BCUT2D eigenvalue weighted by Gasteiger charge is -2.25. The van der Waals surface area contributed by atoms with Gasteiger partial charge in [0.2, 0.25) is 6.17 Å². The van der Waals surface area contributed by atoms with E-state index in [-0.39, 0.29) is 18.1 Å². The maximum absolute atomic E-state index is 12.8. The molecule has 1 aromatic carbocycles. The van der Waals surface area contributed by atoms with Crippen molar-refractivity contribution in [2.45, 2.75) is 25.0 Å². The standard InChI is InChI=1S/C15H14ClN3OS/c16-11-5-2-1-4-10(11)13-18-8-3-6-12(18)14(20)19(13)15-17-7-9-21-15/h1-2,4-5,7,9,12-13H,3,6,8H2/p+1. The van der Waals surface area contributed by atoms with Crippen molar-refractivity contribution in [2.24, 2.45) is 0 Å². The largest absolute Gasteiger partial charge is 0.301 e. The normalized spacial score (nSPS) is 28.1. The van der Waals surface area contributed by atoms with Crippen LogP contribution >= 0.6 is 22.9 Å². The molecule has 3 atom stereocenters. The molecule has 1 N–H and O–H groups in total. The molecule has 3 unspecified atom stereocenters. The van der Waals surface area contributed by atoms with E-state index in [2.05, 4.69) is 4.98 Å². The summed E-state index contributed by atoms with van der Waals surface area (Å²) < 4.78 is 0. The van der Waals surface area contributed by atoms with Crippen LogP contribution in [-0.2, 0) is 4.79 Å². The fourth-order valence-electron chi connectivity index (χ4n) is 3.52. The summed E-state index contributed by atoms with van der Waals surface area (Å²) in [7, 11) is 0. The molecule has 21 heavy (non-hydrogen) atoms. The number of halogens is 1. The number of rotatable bonds is 2. The Bertz CT molecular complexity index is 675. The zero-order chi connectivity index (χ0) is 14.4. The Morgan fingerprint density at radius 1 is 1.38 bits per heavy atom. The van der Waals surface area contributed by atoms with Gasteiger partial charge < -0.3 is 4.90 Å². The zero-order valence-electron chi connectivity index (χ0n) is 11.3. The Kier molecular flexibility index (Phi) is 3.21. The van der Waals surface area contributed by atoms with Crippen LogP contribution in [0, 0.1) is 0 Å². The summed E-state index contributed by atoms with van der Waals surface area (Å²) in [6.07, 6.45) is 3.75. The van der Waals surface area contributed by atoms with Crippen LogP contribution < -0.4 is 9.80 Å². The maximum Gasteiger partial charge on any atom is 0.292 e. The van der Waals surface area contributed by atoms with Gasteiger partial charge in [-0.05, 0) is 12.1 Å². The minimum Gasteiger partial charge on any atom is -0.301 e. The Morgan fingerprint density at radius 2 is 2.24 bits per heavy atom. The first-order chi connectivity index (χ1) is 10.3. The van der Waals surface area contributed by atoms with Gasteiger partial charge in [0.05, 0.1) is 17.1 Å². The number of nitrogens with one attached hydrogen (secondary N) is 1. The van der Waals surface area contributed by atoms with E-state index < -0.39 is 0 Å². The van der Waals surface area contributed by atoms with Crippen LogP contribution in [0.4, 0.5) is 5.13 Å². The Morgan fingerprint density at radius 3 is 3.00 bits per heavy atom. The summed E-state index contributed by atoms with van der Waals surface area (Å²) in [5, 5.41) is 3.40. The molecule has 0 saturated carbocycles. The fraction of sp³-hybridized carbons (Fsp3) is 0.333. The number of thiazole rings is 1. The van der Waals surface area contributed by atoms with Gasteiger partial charge in [-0.1, -0.05) is 23.7 Å². The van der Waals surface area contributed by atoms with Crippen LogP contribution in [0.1, 0.15) is 24.6 Å². The molecule has 2 aliphatic rings. The lowest BCUT2D eigenvalue weighted by Crippen LogP contribution is -3.12. The summed E-state index contributed by atoms with van der Waals surface area (Å²) in [5.41, 5.74) is 1.02. The van der Waals surface area contributed by atoms with Crippen LogP contribution in [0.25, 0.3) is 0 Å². The lowest BCUT2D eigenvalue weighted by molar-refractivity contribution is -0.924. The van der Waals surface area contributed by atoms with Crippen molar-refractivity contribution < 1.29 is 9.69 Å². The Labute approximate surface area is 132 Å². The Hall–Kier alpha value is -1.43. The molecule has 2 saturated heterocycles. The smallest absolute Gasteiger partial charge is 0.292 e. The van der Waals surface area contributed by atoms with Gasteiger partial charge in [-0.3, -0.25) is 4.79 Å². The second-order valence-electron chi connectivity index (χ2n) is 5.47. The third kappa shape index (κ3) is 1.99. The van der Waals surface area contributed by atoms with Gasteiger partial charge in [0, 0.05) is 24.4 Å².